The van der Waals surface area contributed by atoms with Gasteiger partial charge in [-0.15, -0.1) is 0 Å². The van der Waals surface area contributed by atoms with Crippen molar-refractivity contribution >= 4 is 23.0 Å². The van der Waals surface area contributed by atoms with E-state index in [1.165, 1.54) is 33.8 Å². The third kappa shape index (κ3) is 4.07. The molecule has 0 unspecified atom stereocenters. The zero-order valence-corrected chi connectivity index (χ0v) is 16.3. The zero-order chi connectivity index (χ0) is 21.3. The Labute approximate surface area is 160 Å². The highest BCUT2D eigenvalue weighted by atomic mass is 19.4. The molecule has 0 radical (unpaired) electrons. The van der Waals surface area contributed by atoms with E-state index < -0.39 is 34.9 Å². The van der Waals surface area contributed by atoms with E-state index in [1.807, 2.05) is 0 Å². The Morgan fingerprint density at radius 3 is 2.36 bits per heavy atom. The molecule has 2 rings (SSSR count). The summed E-state index contributed by atoms with van der Waals surface area (Å²) >= 11 is 0. The SMILES string of the molecule is CCOC(=O)[C@](NC(=O)OC(C)(C)C)(c1c[nH]c2ccc(C)cc12)C(F)(F)F. The molecule has 28 heavy (non-hydrogen) atoms. The van der Waals surface area contributed by atoms with Crippen LogP contribution in [0.2, 0.25) is 0 Å². The van der Waals surface area contributed by atoms with Crippen LogP contribution in [0.25, 0.3) is 10.9 Å². The number of hydrogen-bond donors (Lipinski definition) is 2. The molecule has 2 aromatic rings. The van der Waals surface area contributed by atoms with Crippen molar-refractivity contribution in [3.8, 4) is 0 Å². The van der Waals surface area contributed by atoms with E-state index in [2.05, 4.69) is 4.98 Å². The molecule has 154 valence electrons. The highest BCUT2D eigenvalue weighted by Crippen LogP contribution is 2.43. The van der Waals surface area contributed by atoms with Crippen molar-refractivity contribution in [2.75, 3.05) is 6.61 Å². The van der Waals surface area contributed by atoms with Crippen molar-refractivity contribution < 1.29 is 32.2 Å². The molecule has 1 amide bonds. The smallest absolute Gasteiger partial charge is 0.427 e. The largest absolute Gasteiger partial charge is 0.464 e. The van der Waals surface area contributed by atoms with Gasteiger partial charge in [0.15, 0.2) is 0 Å². The highest BCUT2D eigenvalue weighted by Gasteiger charge is 2.65. The van der Waals surface area contributed by atoms with Crippen LogP contribution in [0.1, 0.15) is 38.8 Å². The molecule has 0 aliphatic heterocycles. The lowest BCUT2D eigenvalue weighted by molar-refractivity contribution is -0.215. The summed E-state index contributed by atoms with van der Waals surface area (Å²) in [5, 5.41) is 1.89. The number of aromatic amines is 1. The monoisotopic (exact) mass is 400 g/mol. The second-order valence-electron chi connectivity index (χ2n) is 7.35. The molecule has 0 bridgehead atoms. The summed E-state index contributed by atoms with van der Waals surface area (Å²) in [7, 11) is 0. The third-order valence-corrected chi connectivity index (χ3v) is 3.94. The maximum atomic E-state index is 14.3. The van der Waals surface area contributed by atoms with Gasteiger partial charge in [-0.05, 0) is 46.8 Å². The van der Waals surface area contributed by atoms with Crippen LogP contribution in [-0.2, 0) is 19.8 Å². The molecule has 0 aliphatic rings. The molecular weight excluding hydrogens is 377 g/mol. The number of rotatable bonds is 4. The topological polar surface area (TPSA) is 80.4 Å². The van der Waals surface area contributed by atoms with Gasteiger partial charge in [-0.25, -0.2) is 9.59 Å². The minimum Gasteiger partial charge on any atom is -0.464 e. The van der Waals surface area contributed by atoms with Crippen LogP contribution in [0.15, 0.2) is 24.4 Å². The van der Waals surface area contributed by atoms with Crippen molar-refractivity contribution in [1.82, 2.24) is 10.3 Å². The Bertz CT molecular complexity index is 883. The van der Waals surface area contributed by atoms with Crippen molar-refractivity contribution in [2.45, 2.75) is 51.9 Å². The summed E-state index contributed by atoms with van der Waals surface area (Å²) in [6.45, 7) is 7.29. The number of esters is 1. The van der Waals surface area contributed by atoms with E-state index in [9.17, 15) is 22.8 Å². The summed E-state index contributed by atoms with van der Waals surface area (Å²) in [5.41, 5.74) is -3.90. The number of aromatic nitrogens is 1. The minimum absolute atomic E-state index is 0.140. The molecule has 1 atom stereocenters. The number of hydrogen-bond acceptors (Lipinski definition) is 4. The molecule has 0 saturated heterocycles. The quantitative estimate of drug-likeness (QED) is 0.749. The summed E-state index contributed by atoms with van der Waals surface area (Å²) < 4.78 is 52.8. The van der Waals surface area contributed by atoms with Crippen molar-refractivity contribution in [3.63, 3.8) is 0 Å². The van der Waals surface area contributed by atoms with Crippen molar-refractivity contribution in [1.29, 1.82) is 0 Å². The molecular formula is C19H23F3N2O4. The molecule has 0 aliphatic carbocycles. The second-order valence-corrected chi connectivity index (χ2v) is 7.35. The fraction of sp³-hybridized carbons (Fsp3) is 0.474. The maximum Gasteiger partial charge on any atom is 0.427 e. The molecule has 1 aromatic carbocycles. The number of H-pyrrole nitrogens is 1. The average Bonchev–Trinajstić information content (AvgIpc) is 2.93. The summed E-state index contributed by atoms with van der Waals surface area (Å²) in [4.78, 5) is 27.6. The van der Waals surface area contributed by atoms with E-state index >= 15 is 0 Å². The number of carbonyl (C=O) groups is 2. The average molecular weight is 400 g/mol. The van der Waals surface area contributed by atoms with E-state index in [0.717, 1.165) is 6.20 Å². The van der Waals surface area contributed by atoms with Crippen molar-refractivity contribution in [2.24, 2.45) is 0 Å². The lowest BCUT2D eigenvalue weighted by Gasteiger charge is -2.34. The van der Waals surface area contributed by atoms with Crippen LogP contribution in [0.5, 0.6) is 0 Å². The predicted molar refractivity (Wildman–Crippen MR) is 96.8 cm³/mol. The van der Waals surface area contributed by atoms with Gasteiger partial charge in [-0.1, -0.05) is 11.6 Å². The molecule has 0 saturated carbocycles. The fourth-order valence-corrected chi connectivity index (χ4v) is 2.81. The number of halogens is 3. The number of ether oxygens (including phenoxy) is 2. The first-order valence-corrected chi connectivity index (χ1v) is 8.65. The van der Waals surface area contributed by atoms with Crippen LogP contribution in [0.4, 0.5) is 18.0 Å². The van der Waals surface area contributed by atoms with E-state index in [0.29, 0.717) is 11.1 Å². The lowest BCUT2D eigenvalue weighted by atomic mass is 9.88. The van der Waals surface area contributed by atoms with Gasteiger partial charge in [0, 0.05) is 22.7 Å². The summed E-state index contributed by atoms with van der Waals surface area (Å²) in [5.74, 6) is -1.64. The first-order chi connectivity index (χ1) is 12.8. The molecule has 1 aromatic heterocycles. The number of alkyl carbamates (subject to hydrolysis) is 1. The van der Waals surface area contributed by atoms with Crippen LogP contribution in [0.3, 0.4) is 0 Å². The normalized spacial score (nSPS) is 14.4. The van der Waals surface area contributed by atoms with Crippen LogP contribution in [0, 0.1) is 6.92 Å². The predicted octanol–water partition coefficient (Wildman–Crippen LogP) is 4.32. The van der Waals surface area contributed by atoms with E-state index in [4.69, 9.17) is 9.47 Å². The summed E-state index contributed by atoms with van der Waals surface area (Å²) in [6.07, 6.45) is -5.54. The highest BCUT2D eigenvalue weighted by molar-refractivity contribution is 5.95. The van der Waals surface area contributed by atoms with Crippen LogP contribution < -0.4 is 5.32 Å². The first kappa shape index (κ1) is 21.6. The van der Waals surface area contributed by atoms with Gasteiger partial charge in [-0.2, -0.15) is 13.2 Å². The molecule has 1 heterocycles. The minimum atomic E-state index is -5.20. The van der Waals surface area contributed by atoms with E-state index in [1.54, 1.807) is 24.4 Å². The van der Waals surface area contributed by atoms with Crippen LogP contribution in [-0.4, -0.2) is 35.4 Å². The fourth-order valence-electron chi connectivity index (χ4n) is 2.81. The Hall–Kier alpha value is -2.71. The number of alkyl halides is 3. The van der Waals surface area contributed by atoms with Gasteiger partial charge in [0.25, 0.3) is 5.54 Å². The van der Waals surface area contributed by atoms with Gasteiger partial charge in [-0.3, -0.25) is 5.32 Å². The third-order valence-electron chi connectivity index (χ3n) is 3.94. The van der Waals surface area contributed by atoms with Gasteiger partial charge in [0.2, 0.25) is 0 Å². The van der Waals surface area contributed by atoms with Crippen molar-refractivity contribution in [3.05, 3.63) is 35.5 Å². The van der Waals surface area contributed by atoms with Gasteiger partial charge in [0.1, 0.15) is 5.60 Å². The molecule has 0 fully saturated rings. The van der Waals surface area contributed by atoms with Gasteiger partial charge in [0.05, 0.1) is 6.61 Å². The molecule has 6 nitrogen and oxygen atoms in total. The number of aryl methyl sites for hydroxylation is 1. The second kappa shape index (κ2) is 7.37. The lowest BCUT2D eigenvalue weighted by Crippen LogP contribution is -2.62. The van der Waals surface area contributed by atoms with Crippen LogP contribution >= 0.6 is 0 Å². The number of benzene rings is 1. The van der Waals surface area contributed by atoms with E-state index in [-0.39, 0.29) is 12.0 Å². The standard InChI is InChI=1S/C19H23F3N2O4/c1-6-27-15(25)18(19(20,21)22,24-16(26)28-17(3,4)5)13-10-23-14-8-7-11(2)9-12(13)14/h7-10,23H,6H2,1-5H3,(H,24,26)/t18-/m1/s1. The maximum absolute atomic E-state index is 14.3. The number of nitrogens with one attached hydrogen (secondary N) is 2. The Kier molecular flexibility index (Phi) is 5.68. The number of carbonyl (C=O) groups excluding carboxylic acids is 2. The zero-order valence-electron chi connectivity index (χ0n) is 16.3. The van der Waals surface area contributed by atoms with Gasteiger partial charge >= 0.3 is 18.2 Å². The first-order valence-electron chi connectivity index (χ1n) is 8.65. The van der Waals surface area contributed by atoms with Gasteiger partial charge < -0.3 is 14.5 Å². The molecule has 2 N–H and O–H groups in total. The number of amides is 1. The Balaban J connectivity index is 2.73. The molecule has 9 heteroatoms. The Morgan fingerprint density at radius 1 is 1.18 bits per heavy atom. The number of fused-ring (bicyclic) bond motifs is 1. The molecule has 0 spiro atoms. The Morgan fingerprint density at radius 2 is 1.82 bits per heavy atom. The summed E-state index contributed by atoms with van der Waals surface area (Å²) in [6, 6.07) is 4.80.